The number of rotatable bonds is 42. The number of nitrogens with one attached hydrogen (secondary N) is 1. The Morgan fingerprint density at radius 1 is 0.500 bits per heavy atom. The van der Waals surface area contributed by atoms with Crippen LogP contribution in [0.25, 0.3) is 0 Å². The Morgan fingerprint density at radius 2 is 0.904 bits per heavy atom. The molecule has 1 amide bonds. The molecule has 1 N–H and O–H groups in total. The molecule has 0 rings (SSSR count). The molecule has 0 aliphatic carbocycles. The van der Waals surface area contributed by atoms with E-state index in [0.717, 1.165) is 64.8 Å². The van der Waals surface area contributed by atoms with Crippen molar-refractivity contribution in [3.63, 3.8) is 0 Å². The molecule has 1 unspecified atom stereocenters. The Labute approximate surface area is 325 Å². The van der Waals surface area contributed by atoms with Gasteiger partial charge < -0.3 is 19.7 Å². The molecule has 0 aliphatic heterocycles. The topological polar surface area (TPSA) is 67.9 Å². The van der Waals surface area contributed by atoms with Crippen LogP contribution < -0.4 is 5.32 Å². The number of nitrogens with zero attached hydrogens (tertiary/aromatic N) is 1. The molecule has 6 heteroatoms. The molecule has 0 bridgehead atoms. The maximum atomic E-state index is 12.7. The van der Waals surface area contributed by atoms with Crippen molar-refractivity contribution >= 4 is 11.9 Å². The van der Waals surface area contributed by atoms with Gasteiger partial charge in [-0.3, -0.25) is 9.59 Å². The maximum absolute atomic E-state index is 12.7. The molecule has 52 heavy (non-hydrogen) atoms. The number of methoxy groups -OCH3 is 1. The van der Waals surface area contributed by atoms with E-state index in [2.05, 4.69) is 37.9 Å². The number of ether oxygens (including phenoxy) is 2. The largest absolute Gasteiger partial charge is 0.462 e. The smallest absolute Gasteiger partial charge is 0.306 e. The highest BCUT2D eigenvalue weighted by Crippen LogP contribution is 2.18. The van der Waals surface area contributed by atoms with Gasteiger partial charge in [0.15, 0.2) is 0 Å². The molecule has 0 aromatic carbocycles. The number of amides is 1. The summed E-state index contributed by atoms with van der Waals surface area (Å²) >= 11 is 0. The van der Waals surface area contributed by atoms with Crippen LogP contribution in [-0.2, 0) is 19.1 Å². The van der Waals surface area contributed by atoms with Crippen LogP contribution in [0.4, 0.5) is 0 Å². The zero-order valence-corrected chi connectivity index (χ0v) is 35.9. The summed E-state index contributed by atoms with van der Waals surface area (Å²) in [5, 5.41) is 3.22. The number of esters is 1. The first-order chi connectivity index (χ1) is 25.5. The molecule has 0 aliphatic rings. The van der Waals surface area contributed by atoms with Gasteiger partial charge in [-0.25, -0.2) is 0 Å². The molecule has 310 valence electrons. The standard InChI is InChI=1S/C46H92N2O4/c1-6-9-12-15-18-22-30-37-45(49)47-43(4)34-27-24-26-33-40-48(41-42-51-5)39-32-25-19-23-31-38-46(50)52-44(35-28-20-16-13-10-7-2)36-29-21-17-14-11-8-3/h43-44H,6-42H2,1-5H3,(H,47,49). The highest BCUT2D eigenvalue weighted by atomic mass is 16.5. The minimum absolute atomic E-state index is 0.0331. The van der Waals surface area contributed by atoms with Gasteiger partial charge >= 0.3 is 5.97 Å². The molecule has 0 fully saturated rings. The fourth-order valence-corrected chi connectivity index (χ4v) is 7.30. The highest BCUT2D eigenvalue weighted by molar-refractivity contribution is 5.76. The van der Waals surface area contributed by atoms with Gasteiger partial charge in [0, 0.05) is 32.5 Å². The van der Waals surface area contributed by atoms with Crippen LogP contribution in [0.3, 0.4) is 0 Å². The summed E-state index contributed by atoms with van der Waals surface area (Å²) in [5.74, 6) is 0.268. The van der Waals surface area contributed by atoms with Crippen LogP contribution in [0.15, 0.2) is 0 Å². The molecule has 0 saturated carbocycles. The number of carbonyl (C=O) groups excluding carboxylic acids is 2. The Morgan fingerprint density at radius 3 is 1.38 bits per heavy atom. The van der Waals surface area contributed by atoms with E-state index in [4.69, 9.17) is 9.47 Å². The maximum Gasteiger partial charge on any atom is 0.306 e. The number of hydrogen-bond acceptors (Lipinski definition) is 5. The second-order valence-electron chi connectivity index (χ2n) is 16.1. The van der Waals surface area contributed by atoms with Crippen molar-refractivity contribution in [2.75, 3.05) is 33.4 Å². The molecule has 0 saturated heterocycles. The van der Waals surface area contributed by atoms with Gasteiger partial charge in [-0.05, 0) is 77.8 Å². The van der Waals surface area contributed by atoms with Crippen molar-refractivity contribution in [3.05, 3.63) is 0 Å². The van der Waals surface area contributed by atoms with Gasteiger partial charge in [0.25, 0.3) is 0 Å². The molecule has 1 atom stereocenters. The Balaban J connectivity index is 4.09. The van der Waals surface area contributed by atoms with Crippen LogP contribution in [-0.4, -0.2) is 62.3 Å². The Hall–Kier alpha value is -1.14. The molecule has 0 aromatic heterocycles. The van der Waals surface area contributed by atoms with E-state index >= 15 is 0 Å². The van der Waals surface area contributed by atoms with Gasteiger partial charge in [-0.1, -0.05) is 162 Å². The molecule has 0 spiro atoms. The summed E-state index contributed by atoms with van der Waals surface area (Å²) in [6.07, 6.45) is 39.4. The second-order valence-corrected chi connectivity index (χ2v) is 16.1. The average Bonchev–Trinajstić information content (AvgIpc) is 3.13. The van der Waals surface area contributed by atoms with Gasteiger partial charge in [0.1, 0.15) is 6.10 Å². The second kappa shape index (κ2) is 41.0. The minimum Gasteiger partial charge on any atom is -0.462 e. The first kappa shape index (κ1) is 50.9. The van der Waals surface area contributed by atoms with E-state index < -0.39 is 0 Å². The van der Waals surface area contributed by atoms with Gasteiger partial charge in [0.2, 0.25) is 5.91 Å². The third kappa shape index (κ3) is 37.2. The highest BCUT2D eigenvalue weighted by Gasteiger charge is 2.14. The molecule has 0 radical (unpaired) electrons. The van der Waals surface area contributed by atoms with Crippen LogP contribution in [0, 0.1) is 0 Å². The first-order valence-electron chi connectivity index (χ1n) is 23.2. The summed E-state index contributed by atoms with van der Waals surface area (Å²) in [6.45, 7) is 13.0. The van der Waals surface area contributed by atoms with Crippen molar-refractivity contribution in [2.45, 2.75) is 252 Å². The molecular formula is C46H92N2O4. The number of hydrogen-bond donors (Lipinski definition) is 1. The molecular weight excluding hydrogens is 645 g/mol. The number of unbranched alkanes of at least 4 members (excludes halogenated alkanes) is 23. The third-order valence-electron chi connectivity index (χ3n) is 10.8. The monoisotopic (exact) mass is 737 g/mol. The summed E-state index contributed by atoms with van der Waals surface area (Å²) in [7, 11) is 1.79. The average molecular weight is 737 g/mol. The lowest BCUT2D eigenvalue weighted by molar-refractivity contribution is -0.150. The van der Waals surface area contributed by atoms with E-state index in [1.165, 1.54) is 161 Å². The minimum atomic E-state index is 0.0331. The van der Waals surface area contributed by atoms with Crippen LogP contribution in [0.5, 0.6) is 0 Å². The fraction of sp³-hybridized carbons (Fsp3) is 0.957. The van der Waals surface area contributed by atoms with Crippen LogP contribution >= 0.6 is 0 Å². The summed E-state index contributed by atoms with van der Waals surface area (Å²) in [4.78, 5) is 27.6. The van der Waals surface area contributed by atoms with E-state index in [1.54, 1.807) is 7.11 Å². The summed E-state index contributed by atoms with van der Waals surface area (Å²) < 4.78 is 11.4. The normalized spacial score (nSPS) is 12.2. The summed E-state index contributed by atoms with van der Waals surface area (Å²) in [6, 6.07) is 0.280. The van der Waals surface area contributed by atoms with Gasteiger partial charge in [-0.2, -0.15) is 0 Å². The quantitative estimate of drug-likeness (QED) is 0.0499. The Kier molecular flexibility index (Phi) is 40.1. The lowest BCUT2D eigenvalue weighted by Gasteiger charge is -2.22. The van der Waals surface area contributed by atoms with E-state index in [-0.39, 0.29) is 24.0 Å². The van der Waals surface area contributed by atoms with E-state index in [0.29, 0.717) is 12.8 Å². The van der Waals surface area contributed by atoms with Gasteiger partial charge in [-0.15, -0.1) is 0 Å². The lowest BCUT2D eigenvalue weighted by Crippen LogP contribution is -2.32. The van der Waals surface area contributed by atoms with Crippen LogP contribution in [0.2, 0.25) is 0 Å². The predicted molar refractivity (Wildman–Crippen MR) is 225 cm³/mol. The Bertz CT molecular complexity index is 732. The lowest BCUT2D eigenvalue weighted by atomic mass is 10.0. The van der Waals surface area contributed by atoms with E-state index in [1.807, 2.05) is 0 Å². The predicted octanol–water partition coefficient (Wildman–Crippen LogP) is 13.3. The van der Waals surface area contributed by atoms with Crippen molar-refractivity contribution in [1.82, 2.24) is 10.2 Å². The van der Waals surface area contributed by atoms with Crippen LogP contribution in [0.1, 0.15) is 240 Å². The van der Waals surface area contributed by atoms with Crippen molar-refractivity contribution in [3.8, 4) is 0 Å². The number of carbonyl (C=O) groups is 2. The van der Waals surface area contributed by atoms with Crippen molar-refractivity contribution in [2.24, 2.45) is 0 Å². The molecule has 0 heterocycles. The van der Waals surface area contributed by atoms with E-state index in [9.17, 15) is 9.59 Å². The van der Waals surface area contributed by atoms with Crippen molar-refractivity contribution < 1.29 is 19.1 Å². The summed E-state index contributed by atoms with van der Waals surface area (Å²) in [5.41, 5.74) is 0. The first-order valence-corrected chi connectivity index (χ1v) is 23.2. The SMILES string of the molecule is CCCCCCCCCC(=O)NC(C)CCCCCCN(CCCCCCCC(=O)OC(CCCCCCCC)CCCCCCCC)CCOC. The van der Waals surface area contributed by atoms with Gasteiger partial charge in [0.05, 0.1) is 6.61 Å². The van der Waals surface area contributed by atoms with Crippen molar-refractivity contribution in [1.29, 1.82) is 0 Å². The zero-order chi connectivity index (χ0) is 38.2. The fourth-order valence-electron chi connectivity index (χ4n) is 7.30. The zero-order valence-electron chi connectivity index (χ0n) is 35.9. The third-order valence-corrected chi connectivity index (χ3v) is 10.8. The molecule has 6 nitrogen and oxygen atoms in total. The molecule has 0 aromatic rings.